The Morgan fingerprint density at radius 1 is 1.33 bits per heavy atom. The molecule has 3 nitrogen and oxygen atoms in total. The summed E-state index contributed by atoms with van der Waals surface area (Å²) in [7, 11) is 0. The summed E-state index contributed by atoms with van der Waals surface area (Å²) in [5.74, 6) is 2.20. The first-order valence-corrected chi connectivity index (χ1v) is 7.10. The van der Waals surface area contributed by atoms with Gasteiger partial charge in [-0.3, -0.25) is 0 Å². The van der Waals surface area contributed by atoms with E-state index < -0.39 is 0 Å². The molecule has 0 saturated carbocycles. The van der Waals surface area contributed by atoms with Crippen molar-refractivity contribution in [2.75, 3.05) is 37.8 Å². The van der Waals surface area contributed by atoms with Crippen LogP contribution in [-0.4, -0.2) is 49.0 Å². The van der Waals surface area contributed by atoms with Crippen LogP contribution >= 0.6 is 11.8 Å². The number of thioether (sulfide) groups is 1. The van der Waals surface area contributed by atoms with Crippen LogP contribution < -0.4 is 5.32 Å². The van der Waals surface area contributed by atoms with Crippen LogP contribution in [0.1, 0.15) is 25.7 Å². The van der Waals surface area contributed by atoms with Gasteiger partial charge in [0.15, 0.2) is 0 Å². The SMILES string of the molecule is OCCCSCCNCC1CCCCO1. The van der Waals surface area contributed by atoms with Crippen molar-refractivity contribution in [2.45, 2.75) is 31.8 Å². The number of hydrogen-bond donors (Lipinski definition) is 2. The maximum Gasteiger partial charge on any atom is 0.0699 e. The molecule has 0 aliphatic carbocycles. The molecule has 1 aliphatic heterocycles. The van der Waals surface area contributed by atoms with Crippen LogP contribution in [0.15, 0.2) is 0 Å². The van der Waals surface area contributed by atoms with Gasteiger partial charge >= 0.3 is 0 Å². The van der Waals surface area contributed by atoms with Crippen LogP contribution in [0.4, 0.5) is 0 Å². The number of rotatable bonds is 8. The van der Waals surface area contributed by atoms with Gasteiger partial charge in [0, 0.05) is 32.1 Å². The fourth-order valence-electron chi connectivity index (χ4n) is 1.64. The molecule has 0 spiro atoms. The van der Waals surface area contributed by atoms with Gasteiger partial charge < -0.3 is 15.2 Å². The lowest BCUT2D eigenvalue weighted by Gasteiger charge is -2.22. The van der Waals surface area contributed by atoms with E-state index in [-0.39, 0.29) is 0 Å². The number of nitrogens with one attached hydrogen (secondary N) is 1. The van der Waals surface area contributed by atoms with Gasteiger partial charge in [-0.25, -0.2) is 0 Å². The van der Waals surface area contributed by atoms with Gasteiger partial charge in [0.2, 0.25) is 0 Å². The van der Waals surface area contributed by atoms with Crippen molar-refractivity contribution in [1.29, 1.82) is 0 Å². The Bertz CT molecular complexity index is 141. The lowest BCUT2D eigenvalue weighted by atomic mass is 10.1. The first kappa shape index (κ1) is 13.3. The molecule has 0 bridgehead atoms. The molecule has 2 N–H and O–H groups in total. The number of aliphatic hydroxyl groups excluding tert-OH is 1. The summed E-state index contributed by atoms with van der Waals surface area (Å²) in [4.78, 5) is 0. The zero-order chi connectivity index (χ0) is 10.8. The predicted molar refractivity (Wildman–Crippen MR) is 65.5 cm³/mol. The van der Waals surface area contributed by atoms with Crippen molar-refractivity contribution in [1.82, 2.24) is 5.32 Å². The Morgan fingerprint density at radius 3 is 3.00 bits per heavy atom. The highest BCUT2D eigenvalue weighted by Crippen LogP contribution is 2.11. The molecule has 0 aromatic rings. The second kappa shape index (κ2) is 9.46. The second-order valence-electron chi connectivity index (χ2n) is 3.88. The number of hydrogen-bond acceptors (Lipinski definition) is 4. The Kier molecular flexibility index (Phi) is 8.38. The van der Waals surface area contributed by atoms with Crippen molar-refractivity contribution in [2.24, 2.45) is 0 Å². The van der Waals surface area contributed by atoms with Gasteiger partial charge in [0.05, 0.1) is 6.10 Å². The Balaban J connectivity index is 1.79. The zero-order valence-corrected chi connectivity index (χ0v) is 10.2. The third kappa shape index (κ3) is 7.17. The van der Waals surface area contributed by atoms with Crippen LogP contribution in [-0.2, 0) is 4.74 Å². The van der Waals surface area contributed by atoms with Crippen molar-refractivity contribution in [3.63, 3.8) is 0 Å². The summed E-state index contributed by atoms with van der Waals surface area (Å²) in [6.45, 7) is 3.31. The third-order valence-electron chi connectivity index (χ3n) is 2.52. The summed E-state index contributed by atoms with van der Waals surface area (Å²) < 4.78 is 5.62. The lowest BCUT2D eigenvalue weighted by molar-refractivity contribution is 0.0173. The van der Waals surface area contributed by atoms with E-state index >= 15 is 0 Å². The van der Waals surface area contributed by atoms with Gasteiger partial charge in [-0.05, 0) is 31.4 Å². The van der Waals surface area contributed by atoms with Gasteiger partial charge in [-0.15, -0.1) is 0 Å². The predicted octanol–water partition coefficient (Wildman–Crippen LogP) is 1.26. The molecular weight excluding hydrogens is 210 g/mol. The maximum atomic E-state index is 8.59. The minimum absolute atomic E-state index is 0.316. The van der Waals surface area contributed by atoms with E-state index in [9.17, 15) is 0 Å². The molecule has 1 atom stereocenters. The zero-order valence-electron chi connectivity index (χ0n) is 9.41. The van der Waals surface area contributed by atoms with Crippen LogP contribution in [0.25, 0.3) is 0 Å². The third-order valence-corrected chi connectivity index (χ3v) is 3.59. The fourth-order valence-corrected chi connectivity index (χ4v) is 2.47. The topological polar surface area (TPSA) is 41.5 Å². The van der Waals surface area contributed by atoms with E-state index in [0.29, 0.717) is 12.7 Å². The van der Waals surface area contributed by atoms with E-state index in [1.165, 1.54) is 19.3 Å². The molecular formula is C11H23NO2S. The number of ether oxygens (including phenoxy) is 1. The molecule has 0 aromatic carbocycles. The first-order valence-electron chi connectivity index (χ1n) is 5.94. The van der Waals surface area contributed by atoms with Crippen LogP contribution in [0.5, 0.6) is 0 Å². The molecule has 4 heteroatoms. The maximum absolute atomic E-state index is 8.59. The molecule has 1 fully saturated rings. The van der Waals surface area contributed by atoms with Crippen molar-refractivity contribution >= 4 is 11.8 Å². The van der Waals surface area contributed by atoms with E-state index in [4.69, 9.17) is 9.84 Å². The van der Waals surface area contributed by atoms with Crippen molar-refractivity contribution < 1.29 is 9.84 Å². The largest absolute Gasteiger partial charge is 0.396 e. The Morgan fingerprint density at radius 2 is 2.27 bits per heavy atom. The summed E-state index contributed by atoms with van der Waals surface area (Å²) >= 11 is 1.90. The molecule has 1 saturated heterocycles. The van der Waals surface area contributed by atoms with Crippen molar-refractivity contribution in [3.05, 3.63) is 0 Å². The minimum Gasteiger partial charge on any atom is -0.396 e. The average Bonchev–Trinajstić information content (AvgIpc) is 2.29. The molecule has 1 rings (SSSR count). The first-order chi connectivity index (χ1) is 7.43. The van der Waals surface area contributed by atoms with Crippen LogP contribution in [0.2, 0.25) is 0 Å². The van der Waals surface area contributed by atoms with Gasteiger partial charge in [0.25, 0.3) is 0 Å². The summed E-state index contributed by atoms with van der Waals surface area (Å²) in [6.07, 6.45) is 5.12. The standard InChI is InChI=1S/C11H23NO2S/c13-6-3-8-15-9-5-12-10-11-4-1-2-7-14-11/h11-13H,1-10H2. The highest BCUT2D eigenvalue weighted by atomic mass is 32.2. The van der Waals surface area contributed by atoms with Crippen LogP contribution in [0.3, 0.4) is 0 Å². The monoisotopic (exact) mass is 233 g/mol. The summed E-state index contributed by atoms with van der Waals surface area (Å²) in [5.41, 5.74) is 0. The van der Waals surface area contributed by atoms with E-state index in [0.717, 1.165) is 37.6 Å². The van der Waals surface area contributed by atoms with Crippen LogP contribution in [0, 0.1) is 0 Å². The Hall–Kier alpha value is 0.230. The Labute approximate surface area is 97.0 Å². The van der Waals surface area contributed by atoms with Crippen molar-refractivity contribution in [3.8, 4) is 0 Å². The van der Waals surface area contributed by atoms with Gasteiger partial charge in [0.1, 0.15) is 0 Å². The molecule has 1 aliphatic rings. The fraction of sp³-hybridized carbons (Fsp3) is 1.00. The molecule has 0 radical (unpaired) electrons. The van der Waals surface area contributed by atoms with E-state index in [2.05, 4.69) is 5.32 Å². The highest BCUT2D eigenvalue weighted by Gasteiger charge is 2.12. The van der Waals surface area contributed by atoms with Gasteiger partial charge in [-0.1, -0.05) is 0 Å². The van der Waals surface area contributed by atoms with E-state index in [1.807, 2.05) is 11.8 Å². The molecule has 1 unspecified atom stereocenters. The molecule has 0 aromatic heterocycles. The van der Waals surface area contributed by atoms with E-state index in [1.54, 1.807) is 0 Å². The normalized spacial score (nSPS) is 21.8. The smallest absolute Gasteiger partial charge is 0.0699 e. The lowest BCUT2D eigenvalue weighted by Crippen LogP contribution is -2.32. The summed E-state index contributed by atoms with van der Waals surface area (Å²) in [5, 5.41) is 12.0. The molecule has 1 heterocycles. The molecule has 90 valence electrons. The quantitative estimate of drug-likeness (QED) is 0.619. The van der Waals surface area contributed by atoms with Gasteiger partial charge in [-0.2, -0.15) is 11.8 Å². The average molecular weight is 233 g/mol. The molecule has 0 amide bonds. The molecule has 15 heavy (non-hydrogen) atoms. The minimum atomic E-state index is 0.316. The highest BCUT2D eigenvalue weighted by molar-refractivity contribution is 7.99. The number of aliphatic hydroxyl groups is 1. The summed E-state index contributed by atoms with van der Waals surface area (Å²) in [6, 6.07) is 0. The second-order valence-corrected chi connectivity index (χ2v) is 5.11.